The molecule has 6 heteroatoms. The third-order valence-corrected chi connectivity index (χ3v) is 3.67. The first kappa shape index (κ1) is 14.8. The number of anilines is 1. The van der Waals surface area contributed by atoms with Crippen LogP contribution >= 0.6 is 0 Å². The molecule has 0 aliphatic rings. The predicted molar refractivity (Wildman–Crippen MR) is 87.9 cm³/mol. The highest BCUT2D eigenvalue weighted by molar-refractivity contribution is 6.04. The molecule has 0 aliphatic heterocycles. The smallest absolute Gasteiger partial charge is 0.263 e. The molecule has 0 bridgehead atoms. The van der Waals surface area contributed by atoms with Gasteiger partial charge in [0, 0.05) is 30.8 Å². The summed E-state index contributed by atoms with van der Waals surface area (Å²) < 4.78 is 3.15. The Bertz CT molecular complexity index is 911. The number of carbonyl (C=O) groups excluding carboxylic acids is 1. The van der Waals surface area contributed by atoms with Gasteiger partial charge in [-0.3, -0.25) is 9.59 Å². The molecule has 23 heavy (non-hydrogen) atoms. The summed E-state index contributed by atoms with van der Waals surface area (Å²) in [5.74, 6) is -0.428. The molecule has 116 valence electrons. The quantitative estimate of drug-likeness (QED) is 0.806. The molecule has 0 spiro atoms. The Morgan fingerprint density at radius 1 is 1.17 bits per heavy atom. The van der Waals surface area contributed by atoms with E-state index in [0.29, 0.717) is 5.69 Å². The molecule has 0 aliphatic carbocycles. The van der Waals surface area contributed by atoms with E-state index in [1.807, 2.05) is 31.3 Å². The number of pyridine rings is 1. The van der Waals surface area contributed by atoms with Crippen LogP contribution in [0.1, 0.15) is 16.1 Å². The minimum Gasteiger partial charge on any atom is -0.322 e. The first-order valence-electron chi connectivity index (χ1n) is 7.14. The summed E-state index contributed by atoms with van der Waals surface area (Å²) in [7, 11) is 1.65. The average Bonchev–Trinajstić information content (AvgIpc) is 3.07. The monoisotopic (exact) mass is 308 g/mol. The molecule has 0 radical (unpaired) electrons. The molecular weight excluding hydrogens is 292 g/mol. The maximum Gasteiger partial charge on any atom is 0.263 e. The highest BCUT2D eigenvalue weighted by Crippen LogP contribution is 2.14. The van der Waals surface area contributed by atoms with Crippen molar-refractivity contribution in [2.24, 2.45) is 7.05 Å². The maximum atomic E-state index is 12.3. The Morgan fingerprint density at radius 2 is 2.00 bits per heavy atom. The van der Waals surface area contributed by atoms with Gasteiger partial charge in [0.1, 0.15) is 5.56 Å². The Balaban J connectivity index is 1.88. The van der Waals surface area contributed by atoms with Crippen molar-refractivity contribution in [1.29, 1.82) is 0 Å². The fraction of sp³-hybridized carbons (Fsp3) is 0.118. The average molecular weight is 308 g/mol. The first-order chi connectivity index (χ1) is 11.1. The summed E-state index contributed by atoms with van der Waals surface area (Å²) in [5.41, 5.74) is 2.02. The summed E-state index contributed by atoms with van der Waals surface area (Å²) in [6.45, 7) is 1.82. The number of aryl methyl sites for hydroxylation is 1. The fourth-order valence-electron chi connectivity index (χ4n) is 2.25. The molecule has 2 heterocycles. The predicted octanol–water partition coefficient (Wildman–Crippen LogP) is 2.13. The normalized spacial score (nSPS) is 10.5. The van der Waals surface area contributed by atoms with E-state index in [9.17, 15) is 9.59 Å². The van der Waals surface area contributed by atoms with Gasteiger partial charge in [-0.05, 0) is 43.3 Å². The number of rotatable bonds is 3. The van der Waals surface area contributed by atoms with Crippen LogP contribution in [0.3, 0.4) is 0 Å². The Morgan fingerprint density at radius 3 is 2.74 bits per heavy atom. The largest absolute Gasteiger partial charge is 0.322 e. The zero-order valence-electron chi connectivity index (χ0n) is 12.9. The summed E-state index contributed by atoms with van der Waals surface area (Å²) in [6.07, 6.45) is 3.50. The van der Waals surface area contributed by atoms with Crippen LogP contribution in [0.5, 0.6) is 0 Å². The maximum absolute atomic E-state index is 12.3. The second-order valence-electron chi connectivity index (χ2n) is 5.21. The zero-order chi connectivity index (χ0) is 16.4. The van der Waals surface area contributed by atoms with Gasteiger partial charge in [-0.25, -0.2) is 4.68 Å². The summed E-state index contributed by atoms with van der Waals surface area (Å²) in [4.78, 5) is 24.5. The van der Waals surface area contributed by atoms with Gasteiger partial charge in [-0.1, -0.05) is 6.07 Å². The molecule has 2 aromatic heterocycles. The van der Waals surface area contributed by atoms with Gasteiger partial charge in [0.05, 0.1) is 5.69 Å². The third kappa shape index (κ3) is 2.91. The highest BCUT2D eigenvalue weighted by atomic mass is 16.2. The summed E-state index contributed by atoms with van der Waals surface area (Å²) in [6, 6.07) is 12.4. The van der Waals surface area contributed by atoms with Crippen molar-refractivity contribution in [2.75, 3.05) is 5.32 Å². The van der Waals surface area contributed by atoms with Crippen LogP contribution in [-0.4, -0.2) is 20.3 Å². The van der Waals surface area contributed by atoms with Crippen LogP contribution < -0.4 is 10.9 Å². The fourth-order valence-corrected chi connectivity index (χ4v) is 2.25. The number of aromatic nitrogens is 3. The lowest BCUT2D eigenvalue weighted by atomic mass is 10.2. The van der Waals surface area contributed by atoms with Crippen LogP contribution in [-0.2, 0) is 7.05 Å². The van der Waals surface area contributed by atoms with Gasteiger partial charge in [0.15, 0.2) is 0 Å². The van der Waals surface area contributed by atoms with Crippen molar-refractivity contribution in [3.05, 3.63) is 76.5 Å². The van der Waals surface area contributed by atoms with E-state index in [1.54, 1.807) is 42.2 Å². The summed E-state index contributed by atoms with van der Waals surface area (Å²) >= 11 is 0. The van der Waals surface area contributed by atoms with Crippen molar-refractivity contribution in [1.82, 2.24) is 14.3 Å². The van der Waals surface area contributed by atoms with Crippen LogP contribution in [0.15, 0.2) is 59.7 Å². The van der Waals surface area contributed by atoms with E-state index < -0.39 is 5.91 Å². The molecule has 0 saturated heterocycles. The second kappa shape index (κ2) is 5.92. The molecule has 1 aromatic carbocycles. The molecule has 6 nitrogen and oxygen atoms in total. The topological polar surface area (TPSA) is 68.9 Å². The summed E-state index contributed by atoms with van der Waals surface area (Å²) in [5, 5.41) is 6.91. The minimum atomic E-state index is -0.428. The number of hydrogen-bond donors (Lipinski definition) is 1. The van der Waals surface area contributed by atoms with Gasteiger partial charge < -0.3 is 9.88 Å². The van der Waals surface area contributed by atoms with E-state index in [4.69, 9.17) is 0 Å². The van der Waals surface area contributed by atoms with Crippen molar-refractivity contribution in [3.8, 4) is 5.69 Å². The van der Waals surface area contributed by atoms with Crippen LogP contribution in [0, 0.1) is 6.92 Å². The van der Waals surface area contributed by atoms with Crippen LogP contribution in [0.2, 0.25) is 0 Å². The Hall–Kier alpha value is -3.15. The SMILES string of the molecule is Cc1ccc(C(=O)Nc2cccc(-n3cccn3)c2)c(=O)n1C. The van der Waals surface area contributed by atoms with E-state index in [1.165, 1.54) is 4.57 Å². The molecule has 0 atom stereocenters. The minimum absolute atomic E-state index is 0.114. The molecule has 3 aromatic rings. The standard InChI is InChI=1S/C17H16N4O2/c1-12-7-8-15(17(23)20(12)2)16(22)19-13-5-3-6-14(11-13)21-10-4-9-18-21/h3-11H,1-2H3,(H,19,22). The molecule has 1 N–H and O–H groups in total. The number of nitrogens with zero attached hydrogens (tertiary/aromatic N) is 3. The van der Waals surface area contributed by atoms with Gasteiger partial charge in [-0.2, -0.15) is 5.10 Å². The van der Waals surface area contributed by atoms with E-state index in [0.717, 1.165) is 11.4 Å². The van der Waals surface area contributed by atoms with Crippen LogP contribution in [0.25, 0.3) is 5.69 Å². The van der Waals surface area contributed by atoms with Gasteiger partial charge in [-0.15, -0.1) is 0 Å². The van der Waals surface area contributed by atoms with Crippen LogP contribution in [0.4, 0.5) is 5.69 Å². The van der Waals surface area contributed by atoms with Gasteiger partial charge in [0.25, 0.3) is 11.5 Å². The number of amides is 1. The first-order valence-corrected chi connectivity index (χ1v) is 7.14. The number of carbonyl (C=O) groups is 1. The molecule has 0 saturated carbocycles. The van der Waals surface area contributed by atoms with Crippen molar-refractivity contribution in [2.45, 2.75) is 6.92 Å². The van der Waals surface area contributed by atoms with E-state index in [-0.39, 0.29) is 11.1 Å². The van der Waals surface area contributed by atoms with Gasteiger partial charge >= 0.3 is 0 Å². The Kier molecular flexibility index (Phi) is 3.80. The number of nitrogens with one attached hydrogen (secondary N) is 1. The van der Waals surface area contributed by atoms with Crippen molar-refractivity contribution >= 4 is 11.6 Å². The van der Waals surface area contributed by atoms with Gasteiger partial charge in [0.2, 0.25) is 0 Å². The number of hydrogen-bond acceptors (Lipinski definition) is 3. The zero-order valence-corrected chi connectivity index (χ0v) is 12.9. The lowest BCUT2D eigenvalue weighted by molar-refractivity contribution is 0.102. The highest BCUT2D eigenvalue weighted by Gasteiger charge is 2.12. The Labute approximate surface area is 133 Å². The third-order valence-electron chi connectivity index (χ3n) is 3.67. The lowest BCUT2D eigenvalue weighted by Crippen LogP contribution is -2.28. The molecule has 3 rings (SSSR count). The van der Waals surface area contributed by atoms with E-state index >= 15 is 0 Å². The molecule has 1 amide bonds. The lowest BCUT2D eigenvalue weighted by Gasteiger charge is -2.09. The molecule has 0 unspecified atom stereocenters. The van der Waals surface area contributed by atoms with Crippen molar-refractivity contribution in [3.63, 3.8) is 0 Å². The van der Waals surface area contributed by atoms with E-state index in [2.05, 4.69) is 10.4 Å². The van der Waals surface area contributed by atoms with Crippen molar-refractivity contribution < 1.29 is 4.79 Å². The molecule has 0 fully saturated rings. The second-order valence-corrected chi connectivity index (χ2v) is 5.21. The molecular formula is C17H16N4O2. The number of benzene rings is 1.